The fraction of sp³-hybridized carbons (Fsp3) is 0.867. The van der Waals surface area contributed by atoms with Gasteiger partial charge in [0.15, 0.2) is 0 Å². The van der Waals surface area contributed by atoms with Gasteiger partial charge in [-0.25, -0.2) is 0 Å². The molecule has 1 N–H and O–H groups in total. The fourth-order valence-electron chi connectivity index (χ4n) is 2.54. The Balaban J connectivity index is 2.36. The zero-order chi connectivity index (χ0) is 11.6. The zero-order valence-electron chi connectivity index (χ0n) is 11.2. The number of hydrogen-bond donors (Lipinski definition) is 1. The topological polar surface area (TPSA) is 12.0 Å². The van der Waals surface area contributed by atoms with Crippen LogP contribution in [0.15, 0.2) is 11.6 Å². The van der Waals surface area contributed by atoms with Gasteiger partial charge >= 0.3 is 0 Å². The average molecular weight is 223 g/mol. The van der Waals surface area contributed by atoms with Gasteiger partial charge in [-0.15, -0.1) is 0 Å². The monoisotopic (exact) mass is 223 g/mol. The predicted molar refractivity (Wildman–Crippen MR) is 72.7 cm³/mol. The number of allylic oxidation sites excluding steroid dienone is 1. The van der Waals surface area contributed by atoms with Gasteiger partial charge in [0.05, 0.1) is 0 Å². The second-order valence-electron chi connectivity index (χ2n) is 5.11. The largest absolute Gasteiger partial charge is 0.313 e. The third-order valence-electron chi connectivity index (χ3n) is 3.60. The molecular weight excluding hydrogens is 194 g/mol. The molecule has 0 heterocycles. The maximum atomic E-state index is 3.52. The highest BCUT2D eigenvalue weighted by Crippen LogP contribution is 2.25. The van der Waals surface area contributed by atoms with Gasteiger partial charge in [0.25, 0.3) is 0 Å². The molecule has 0 saturated heterocycles. The van der Waals surface area contributed by atoms with E-state index in [1.807, 2.05) is 0 Å². The molecule has 1 saturated carbocycles. The van der Waals surface area contributed by atoms with Crippen molar-refractivity contribution in [3.8, 4) is 0 Å². The van der Waals surface area contributed by atoms with E-state index in [0.717, 1.165) is 19.0 Å². The summed E-state index contributed by atoms with van der Waals surface area (Å²) in [6.45, 7) is 6.78. The molecule has 16 heavy (non-hydrogen) atoms. The van der Waals surface area contributed by atoms with Crippen molar-refractivity contribution in [1.82, 2.24) is 5.32 Å². The van der Waals surface area contributed by atoms with Crippen molar-refractivity contribution in [2.75, 3.05) is 13.1 Å². The first-order valence-corrected chi connectivity index (χ1v) is 7.27. The predicted octanol–water partition coefficient (Wildman–Crippen LogP) is 4.29. The molecular formula is C15H29N. The zero-order valence-corrected chi connectivity index (χ0v) is 11.2. The average Bonchev–Trinajstić information content (AvgIpc) is 2.56. The van der Waals surface area contributed by atoms with Crippen LogP contribution in [0.2, 0.25) is 0 Å². The van der Waals surface area contributed by atoms with Crippen LogP contribution in [-0.2, 0) is 0 Å². The molecule has 0 aliphatic heterocycles. The third-order valence-corrected chi connectivity index (χ3v) is 3.60. The van der Waals surface area contributed by atoms with E-state index in [2.05, 4.69) is 25.2 Å². The van der Waals surface area contributed by atoms with Crippen LogP contribution in [0.5, 0.6) is 0 Å². The summed E-state index contributed by atoms with van der Waals surface area (Å²) in [7, 11) is 0. The van der Waals surface area contributed by atoms with Crippen molar-refractivity contribution < 1.29 is 0 Å². The summed E-state index contributed by atoms with van der Waals surface area (Å²) >= 11 is 0. The Morgan fingerprint density at radius 3 is 2.38 bits per heavy atom. The molecule has 0 aromatic carbocycles. The smallest absolute Gasteiger partial charge is 0.0164 e. The fourth-order valence-corrected chi connectivity index (χ4v) is 2.54. The molecule has 94 valence electrons. The molecule has 1 aliphatic rings. The van der Waals surface area contributed by atoms with Crippen LogP contribution >= 0.6 is 0 Å². The van der Waals surface area contributed by atoms with Gasteiger partial charge in [-0.2, -0.15) is 0 Å². The van der Waals surface area contributed by atoms with Crippen LogP contribution in [0.25, 0.3) is 0 Å². The van der Waals surface area contributed by atoms with Crippen LogP contribution in [0.3, 0.4) is 0 Å². The van der Waals surface area contributed by atoms with E-state index in [1.165, 1.54) is 51.4 Å². The Labute approximate surface area is 102 Å². The van der Waals surface area contributed by atoms with Gasteiger partial charge < -0.3 is 5.32 Å². The molecule has 0 spiro atoms. The SMILES string of the molecule is CCCNCC(=CC1CCCCCC1)CC. The van der Waals surface area contributed by atoms with Crippen molar-refractivity contribution in [2.24, 2.45) is 5.92 Å². The summed E-state index contributed by atoms with van der Waals surface area (Å²) in [5.41, 5.74) is 1.63. The molecule has 0 aromatic rings. The van der Waals surface area contributed by atoms with Crippen LogP contribution in [0, 0.1) is 5.92 Å². The minimum absolute atomic E-state index is 0.876. The van der Waals surface area contributed by atoms with Crippen molar-refractivity contribution in [3.63, 3.8) is 0 Å². The molecule has 0 aromatic heterocycles. The molecule has 1 fully saturated rings. The molecule has 0 amide bonds. The Kier molecular flexibility index (Phi) is 7.58. The van der Waals surface area contributed by atoms with E-state index in [4.69, 9.17) is 0 Å². The van der Waals surface area contributed by atoms with Crippen LogP contribution in [-0.4, -0.2) is 13.1 Å². The van der Waals surface area contributed by atoms with Gasteiger partial charge in [0.1, 0.15) is 0 Å². The van der Waals surface area contributed by atoms with Crippen LogP contribution in [0.1, 0.15) is 65.2 Å². The Bertz CT molecular complexity index is 188. The van der Waals surface area contributed by atoms with Crippen molar-refractivity contribution in [2.45, 2.75) is 65.2 Å². The van der Waals surface area contributed by atoms with E-state index in [-0.39, 0.29) is 0 Å². The molecule has 1 nitrogen and oxygen atoms in total. The second-order valence-corrected chi connectivity index (χ2v) is 5.11. The van der Waals surface area contributed by atoms with Crippen molar-refractivity contribution in [1.29, 1.82) is 0 Å². The highest BCUT2D eigenvalue weighted by atomic mass is 14.8. The van der Waals surface area contributed by atoms with E-state index >= 15 is 0 Å². The summed E-state index contributed by atoms with van der Waals surface area (Å²) in [5, 5.41) is 3.52. The van der Waals surface area contributed by atoms with Crippen LogP contribution < -0.4 is 5.32 Å². The number of hydrogen-bond acceptors (Lipinski definition) is 1. The summed E-state index contributed by atoms with van der Waals surface area (Å²) < 4.78 is 0. The lowest BCUT2D eigenvalue weighted by Gasteiger charge is -2.13. The van der Waals surface area contributed by atoms with Crippen molar-refractivity contribution >= 4 is 0 Å². The molecule has 1 aliphatic carbocycles. The van der Waals surface area contributed by atoms with E-state index in [1.54, 1.807) is 5.57 Å². The lowest BCUT2D eigenvalue weighted by molar-refractivity contribution is 0.551. The molecule has 0 atom stereocenters. The molecule has 1 rings (SSSR count). The van der Waals surface area contributed by atoms with Crippen LogP contribution in [0.4, 0.5) is 0 Å². The molecule has 0 bridgehead atoms. The second kappa shape index (κ2) is 8.81. The van der Waals surface area contributed by atoms with E-state index in [0.29, 0.717) is 0 Å². The first-order chi connectivity index (χ1) is 7.86. The lowest BCUT2D eigenvalue weighted by atomic mass is 9.96. The Morgan fingerprint density at radius 2 is 1.81 bits per heavy atom. The maximum absolute atomic E-state index is 3.52. The Hall–Kier alpha value is -0.300. The molecule has 1 heteroatoms. The highest BCUT2D eigenvalue weighted by molar-refractivity contribution is 5.06. The summed E-state index contributed by atoms with van der Waals surface area (Å²) in [4.78, 5) is 0. The minimum Gasteiger partial charge on any atom is -0.313 e. The first kappa shape index (κ1) is 13.8. The van der Waals surface area contributed by atoms with Gasteiger partial charge in [-0.3, -0.25) is 0 Å². The van der Waals surface area contributed by atoms with E-state index in [9.17, 15) is 0 Å². The molecule has 0 unspecified atom stereocenters. The minimum atomic E-state index is 0.876. The quantitative estimate of drug-likeness (QED) is 0.402. The Morgan fingerprint density at radius 1 is 1.12 bits per heavy atom. The van der Waals surface area contributed by atoms with E-state index < -0.39 is 0 Å². The van der Waals surface area contributed by atoms with Gasteiger partial charge in [-0.05, 0) is 38.1 Å². The summed E-state index contributed by atoms with van der Waals surface area (Å²) in [5.74, 6) is 0.876. The lowest BCUT2D eigenvalue weighted by Crippen LogP contribution is -2.18. The van der Waals surface area contributed by atoms with Gasteiger partial charge in [0, 0.05) is 6.54 Å². The number of nitrogens with one attached hydrogen (secondary N) is 1. The van der Waals surface area contributed by atoms with Gasteiger partial charge in [-0.1, -0.05) is 51.2 Å². The highest BCUT2D eigenvalue weighted by Gasteiger charge is 2.10. The molecule has 0 radical (unpaired) electrons. The maximum Gasteiger partial charge on any atom is 0.0164 e. The van der Waals surface area contributed by atoms with Gasteiger partial charge in [0.2, 0.25) is 0 Å². The van der Waals surface area contributed by atoms with Crippen molar-refractivity contribution in [3.05, 3.63) is 11.6 Å². The first-order valence-electron chi connectivity index (χ1n) is 7.27. The normalized spacial score (nSPS) is 19.8. The number of rotatable bonds is 6. The summed E-state index contributed by atoms with van der Waals surface area (Å²) in [6, 6.07) is 0. The standard InChI is InChI=1S/C15H29N/c1-3-11-16-13-14(4-2)12-15-9-7-5-6-8-10-15/h12,15-16H,3-11,13H2,1-2H3. The third kappa shape index (κ3) is 5.69. The summed E-state index contributed by atoms with van der Waals surface area (Å²) in [6.07, 6.45) is 13.7.